The minimum Gasteiger partial charge on any atom is -0.497 e. The summed E-state index contributed by atoms with van der Waals surface area (Å²) in [6.45, 7) is 0. The Hall–Kier alpha value is -3.67. The van der Waals surface area contributed by atoms with Gasteiger partial charge in [0.2, 0.25) is 0 Å². The number of nitrogens with zero attached hydrogens (tertiary/aromatic N) is 3. The van der Waals surface area contributed by atoms with Crippen LogP contribution in [-0.2, 0) is 0 Å². The molecule has 1 amide bonds. The lowest BCUT2D eigenvalue weighted by molar-refractivity contribution is 0.102. The van der Waals surface area contributed by atoms with Gasteiger partial charge in [-0.15, -0.1) is 0 Å². The number of benzene rings is 2. The number of methoxy groups -OCH3 is 1. The van der Waals surface area contributed by atoms with Crippen molar-refractivity contribution in [3.63, 3.8) is 0 Å². The van der Waals surface area contributed by atoms with Gasteiger partial charge in [-0.1, -0.05) is 30.3 Å². The molecule has 0 aliphatic rings. The molecule has 6 nitrogen and oxygen atoms in total. The second kappa shape index (κ2) is 6.68. The highest BCUT2D eigenvalue weighted by Gasteiger charge is 2.13. The third kappa shape index (κ3) is 3.00. The van der Waals surface area contributed by atoms with E-state index in [0.29, 0.717) is 22.8 Å². The van der Waals surface area contributed by atoms with Gasteiger partial charge in [-0.2, -0.15) is 0 Å². The number of ether oxygens (including phenoxy) is 1. The van der Waals surface area contributed by atoms with Crippen LogP contribution in [0.15, 0.2) is 73.2 Å². The maximum absolute atomic E-state index is 12.5. The van der Waals surface area contributed by atoms with E-state index in [0.717, 1.165) is 11.3 Å². The molecule has 1 N–H and O–H groups in total. The molecule has 0 radical (unpaired) electrons. The fourth-order valence-corrected chi connectivity index (χ4v) is 2.68. The lowest BCUT2D eigenvalue weighted by Crippen LogP contribution is -2.13. The van der Waals surface area contributed by atoms with Crippen LogP contribution in [0.2, 0.25) is 0 Å². The third-order valence-corrected chi connectivity index (χ3v) is 4.03. The summed E-state index contributed by atoms with van der Waals surface area (Å²) in [4.78, 5) is 21.4. The Morgan fingerprint density at radius 2 is 1.85 bits per heavy atom. The van der Waals surface area contributed by atoms with Crippen molar-refractivity contribution >= 4 is 17.4 Å². The molecule has 0 fully saturated rings. The molecule has 0 aliphatic carbocycles. The van der Waals surface area contributed by atoms with Crippen LogP contribution in [0.1, 0.15) is 10.4 Å². The van der Waals surface area contributed by atoms with Crippen LogP contribution in [-0.4, -0.2) is 27.4 Å². The number of carbonyl (C=O) groups is 1. The number of anilines is 1. The number of amides is 1. The first-order valence-electron chi connectivity index (χ1n) is 8.09. The Labute approximate surface area is 150 Å². The topological polar surface area (TPSA) is 68.5 Å². The smallest absolute Gasteiger partial charge is 0.256 e. The van der Waals surface area contributed by atoms with Crippen molar-refractivity contribution in [2.75, 3.05) is 12.4 Å². The van der Waals surface area contributed by atoms with Crippen molar-refractivity contribution in [3.05, 3.63) is 78.8 Å². The van der Waals surface area contributed by atoms with Crippen LogP contribution < -0.4 is 10.1 Å². The molecular formula is C20H16N4O2. The molecule has 0 atom stereocenters. The van der Waals surface area contributed by atoms with Crippen molar-refractivity contribution in [1.29, 1.82) is 0 Å². The fourth-order valence-electron chi connectivity index (χ4n) is 2.68. The maximum atomic E-state index is 12.5. The Bertz CT molecular complexity index is 1060. The zero-order valence-corrected chi connectivity index (χ0v) is 14.1. The van der Waals surface area contributed by atoms with Gasteiger partial charge in [-0.3, -0.25) is 4.79 Å². The van der Waals surface area contributed by atoms with E-state index in [4.69, 9.17) is 4.74 Å². The van der Waals surface area contributed by atoms with E-state index in [2.05, 4.69) is 15.3 Å². The molecule has 2 aromatic carbocycles. The van der Waals surface area contributed by atoms with Crippen molar-refractivity contribution < 1.29 is 9.53 Å². The summed E-state index contributed by atoms with van der Waals surface area (Å²) in [6, 6.07) is 16.8. The van der Waals surface area contributed by atoms with E-state index in [-0.39, 0.29) is 5.91 Å². The number of hydrogen-bond donors (Lipinski definition) is 1. The van der Waals surface area contributed by atoms with Crippen molar-refractivity contribution in [3.8, 4) is 17.0 Å². The van der Waals surface area contributed by atoms with Crippen molar-refractivity contribution in [2.45, 2.75) is 0 Å². The molecule has 128 valence electrons. The minimum atomic E-state index is -0.252. The first kappa shape index (κ1) is 15.8. The fraction of sp³-hybridized carbons (Fsp3) is 0.0500. The highest BCUT2D eigenvalue weighted by Crippen LogP contribution is 2.22. The predicted molar refractivity (Wildman–Crippen MR) is 99.4 cm³/mol. The number of carbonyl (C=O) groups excluding carboxylic acids is 1. The van der Waals surface area contributed by atoms with E-state index in [1.165, 1.54) is 0 Å². The van der Waals surface area contributed by atoms with Crippen molar-refractivity contribution in [2.24, 2.45) is 0 Å². The van der Waals surface area contributed by atoms with Gasteiger partial charge in [0, 0.05) is 29.7 Å². The summed E-state index contributed by atoms with van der Waals surface area (Å²) in [7, 11) is 1.59. The highest BCUT2D eigenvalue weighted by atomic mass is 16.5. The molecule has 0 aliphatic heterocycles. The molecule has 0 unspecified atom stereocenters. The molecule has 0 bridgehead atoms. The lowest BCUT2D eigenvalue weighted by Gasteiger charge is -2.06. The van der Waals surface area contributed by atoms with Gasteiger partial charge in [0.25, 0.3) is 5.91 Å². The number of imidazole rings is 1. The molecule has 0 saturated heterocycles. The number of nitrogens with one attached hydrogen (secondary N) is 1. The standard InChI is InChI=1S/C20H16N4O2/c1-26-16-9-7-15(8-10-16)20(25)23-18-19-22-17(13-24(19)12-11-21-18)14-5-3-2-4-6-14/h2-13H,1H3,(H,21,23,25). The maximum Gasteiger partial charge on any atom is 0.256 e. The molecule has 4 aromatic rings. The Morgan fingerprint density at radius 1 is 1.08 bits per heavy atom. The van der Waals surface area contributed by atoms with E-state index < -0.39 is 0 Å². The first-order valence-corrected chi connectivity index (χ1v) is 8.09. The number of hydrogen-bond acceptors (Lipinski definition) is 4. The summed E-state index contributed by atoms with van der Waals surface area (Å²) in [5.74, 6) is 0.857. The quantitative estimate of drug-likeness (QED) is 0.613. The Morgan fingerprint density at radius 3 is 2.58 bits per heavy atom. The van der Waals surface area contributed by atoms with E-state index in [9.17, 15) is 4.79 Å². The Balaban J connectivity index is 1.65. The Kier molecular flexibility index (Phi) is 4.07. The molecule has 4 rings (SSSR count). The molecular weight excluding hydrogens is 328 g/mol. The summed E-state index contributed by atoms with van der Waals surface area (Å²) in [5.41, 5.74) is 2.93. The molecule has 0 spiro atoms. The minimum absolute atomic E-state index is 0.252. The number of aromatic nitrogens is 3. The predicted octanol–water partition coefficient (Wildman–Crippen LogP) is 3.66. The average molecular weight is 344 g/mol. The highest BCUT2D eigenvalue weighted by molar-refractivity contribution is 6.05. The third-order valence-electron chi connectivity index (χ3n) is 4.03. The SMILES string of the molecule is COc1ccc(C(=O)Nc2nccn3cc(-c4ccccc4)nc23)cc1. The summed E-state index contributed by atoms with van der Waals surface area (Å²) in [5, 5.41) is 2.83. The van der Waals surface area contributed by atoms with Gasteiger partial charge in [0.15, 0.2) is 11.5 Å². The lowest BCUT2D eigenvalue weighted by atomic mass is 10.2. The molecule has 2 heterocycles. The van der Waals surface area contributed by atoms with Crippen LogP contribution in [0.4, 0.5) is 5.82 Å². The van der Waals surface area contributed by atoms with Crippen molar-refractivity contribution in [1.82, 2.24) is 14.4 Å². The van der Waals surface area contributed by atoms with Crippen LogP contribution in [0.3, 0.4) is 0 Å². The normalized spacial score (nSPS) is 10.7. The van der Waals surface area contributed by atoms with E-state index >= 15 is 0 Å². The summed E-state index contributed by atoms with van der Waals surface area (Å²) >= 11 is 0. The second-order valence-corrected chi connectivity index (χ2v) is 5.68. The molecule has 2 aromatic heterocycles. The van der Waals surface area contributed by atoms with Gasteiger partial charge in [0.05, 0.1) is 12.8 Å². The van der Waals surface area contributed by atoms with Crippen LogP contribution >= 0.6 is 0 Å². The second-order valence-electron chi connectivity index (χ2n) is 5.68. The molecule has 26 heavy (non-hydrogen) atoms. The number of rotatable bonds is 4. The van der Waals surface area contributed by atoms with Gasteiger partial charge >= 0.3 is 0 Å². The first-order chi connectivity index (χ1) is 12.7. The molecule has 6 heteroatoms. The van der Waals surface area contributed by atoms with Gasteiger partial charge in [-0.25, -0.2) is 9.97 Å². The van der Waals surface area contributed by atoms with E-state index in [1.807, 2.05) is 40.9 Å². The monoisotopic (exact) mass is 344 g/mol. The van der Waals surface area contributed by atoms with E-state index in [1.54, 1.807) is 43.8 Å². The van der Waals surface area contributed by atoms with Crippen LogP contribution in [0.25, 0.3) is 16.9 Å². The van der Waals surface area contributed by atoms with Crippen LogP contribution in [0.5, 0.6) is 5.75 Å². The average Bonchev–Trinajstić information content (AvgIpc) is 3.14. The zero-order chi connectivity index (χ0) is 17.9. The van der Waals surface area contributed by atoms with Gasteiger partial charge in [-0.05, 0) is 24.3 Å². The van der Waals surface area contributed by atoms with Crippen LogP contribution in [0, 0.1) is 0 Å². The summed E-state index contributed by atoms with van der Waals surface area (Å²) < 4.78 is 6.96. The van der Waals surface area contributed by atoms with Gasteiger partial charge < -0.3 is 14.5 Å². The summed E-state index contributed by atoms with van der Waals surface area (Å²) in [6.07, 6.45) is 5.35. The number of fused-ring (bicyclic) bond motifs is 1. The molecule has 0 saturated carbocycles. The zero-order valence-electron chi connectivity index (χ0n) is 14.1. The largest absolute Gasteiger partial charge is 0.497 e. The van der Waals surface area contributed by atoms with Gasteiger partial charge in [0.1, 0.15) is 5.75 Å².